The van der Waals surface area contributed by atoms with E-state index >= 15 is 0 Å². The Labute approximate surface area is 177 Å². The van der Waals surface area contributed by atoms with Crippen molar-refractivity contribution in [3.63, 3.8) is 0 Å². The summed E-state index contributed by atoms with van der Waals surface area (Å²) in [5.74, 6) is 0.132. The van der Waals surface area contributed by atoms with E-state index in [1.54, 1.807) is 24.3 Å². The Bertz CT molecular complexity index is 1400. The van der Waals surface area contributed by atoms with Crippen LogP contribution in [0, 0.1) is 0 Å². The van der Waals surface area contributed by atoms with E-state index in [0.717, 1.165) is 0 Å². The first kappa shape index (κ1) is 21.0. The average molecular weight is 462 g/mol. The number of benzene rings is 2. The number of hydrogen-bond acceptors (Lipinski definition) is 10. The van der Waals surface area contributed by atoms with E-state index in [4.69, 9.17) is 16.6 Å². The van der Waals surface area contributed by atoms with Crippen molar-refractivity contribution in [3.05, 3.63) is 35.9 Å². The van der Waals surface area contributed by atoms with Crippen LogP contribution >= 0.6 is 0 Å². The number of hydrogen-bond donors (Lipinski definition) is 5. The van der Waals surface area contributed by atoms with Crippen LogP contribution in [0.25, 0.3) is 33.5 Å². The molecule has 2 aromatic carbocycles. The number of rotatable bonds is 6. The van der Waals surface area contributed by atoms with Gasteiger partial charge in [0.15, 0.2) is 5.95 Å². The molecule has 0 amide bonds. The molecule has 162 valence electrons. The molecular weight excluding hydrogens is 446 g/mol. The number of anilines is 1. The van der Waals surface area contributed by atoms with Gasteiger partial charge in [-0.2, -0.15) is 5.21 Å². The fraction of sp³-hybridized carbons (Fsp3) is 0.125. The number of sulfonamides is 1. The van der Waals surface area contributed by atoms with Crippen molar-refractivity contribution >= 4 is 38.1 Å². The Kier molecular flexibility index (Phi) is 5.28. The Hall–Kier alpha value is -3.24. The molecule has 15 heteroatoms. The largest absolute Gasteiger partial charge is 0.772 e. The van der Waals surface area contributed by atoms with Crippen molar-refractivity contribution in [2.24, 2.45) is 10.9 Å². The van der Waals surface area contributed by atoms with Crippen LogP contribution in [0.2, 0.25) is 0 Å². The lowest BCUT2D eigenvalue weighted by Crippen LogP contribution is -2.23. The minimum absolute atomic E-state index is 0.00973. The van der Waals surface area contributed by atoms with Crippen LogP contribution in [-0.4, -0.2) is 54.3 Å². The zero-order valence-corrected chi connectivity index (χ0v) is 17.3. The second-order valence-corrected chi connectivity index (χ2v) is 9.11. The minimum Gasteiger partial charge on any atom is -0.772 e. The fourth-order valence-electron chi connectivity index (χ4n) is 3.40. The number of nitrogens with zero attached hydrogens (tertiary/aromatic N) is 4. The van der Waals surface area contributed by atoms with Crippen molar-refractivity contribution in [2.45, 2.75) is 10.1 Å². The van der Waals surface area contributed by atoms with Crippen LogP contribution < -0.4 is 16.6 Å². The lowest BCUT2D eigenvalue weighted by atomic mass is 9.95. The molecule has 0 aliphatic carbocycles. The molecule has 0 aliphatic heterocycles. The van der Waals surface area contributed by atoms with E-state index in [-0.39, 0.29) is 29.4 Å². The first-order valence-electron chi connectivity index (χ1n) is 8.68. The van der Waals surface area contributed by atoms with Crippen molar-refractivity contribution < 1.29 is 17.2 Å². The van der Waals surface area contributed by atoms with Gasteiger partial charge in [-0.15, -0.1) is 10.2 Å². The summed E-state index contributed by atoms with van der Waals surface area (Å²) in [6.07, 6.45) is 0. The van der Waals surface area contributed by atoms with Crippen LogP contribution in [0.3, 0.4) is 0 Å². The van der Waals surface area contributed by atoms with Crippen LogP contribution in [-0.2, 0) is 21.1 Å². The number of nitrogens with one attached hydrogen (secondary N) is 2. The quantitative estimate of drug-likeness (QED) is 0.231. The van der Waals surface area contributed by atoms with Gasteiger partial charge in [-0.25, -0.2) is 18.5 Å². The van der Waals surface area contributed by atoms with Gasteiger partial charge in [0, 0.05) is 6.54 Å². The molecule has 0 saturated carbocycles. The van der Waals surface area contributed by atoms with Gasteiger partial charge in [-0.05, 0) is 45.1 Å². The number of H-pyrrole nitrogens is 2. The standard InChI is InChI=1S/C16H17N9O4S2/c17-6-12(30(26)27)9-3-2-8(7-1-4-10-11(5-7)21-16(18)20-10)13(14(9)31(19,28)29)15-22-24-25-23-15/h1-5,12H,6,17H2,(H,26,27)(H3,18,20,21)(H2,19,28,29)(H,22,23,24,25)/p-1. The summed E-state index contributed by atoms with van der Waals surface area (Å²) in [4.78, 5) is 6.58. The first-order chi connectivity index (χ1) is 14.7. The van der Waals surface area contributed by atoms with Crippen LogP contribution in [0.1, 0.15) is 10.8 Å². The average Bonchev–Trinajstić information content (AvgIpc) is 3.35. The van der Waals surface area contributed by atoms with Gasteiger partial charge in [-0.3, -0.25) is 4.21 Å². The summed E-state index contributed by atoms with van der Waals surface area (Å²) in [5, 5.41) is 17.7. The molecule has 13 nitrogen and oxygen atoms in total. The molecule has 0 fully saturated rings. The van der Waals surface area contributed by atoms with Crippen molar-refractivity contribution in [1.29, 1.82) is 0 Å². The lowest BCUT2D eigenvalue weighted by Gasteiger charge is -2.23. The molecule has 2 aromatic heterocycles. The van der Waals surface area contributed by atoms with Crippen molar-refractivity contribution in [2.75, 3.05) is 12.3 Å². The van der Waals surface area contributed by atoms with Gasteiger partial charge in [0.2, 0.25) is 15.8 Å². The van der Waals surface area contributed by atoms with Gasteiger partial charge in [0.1, 0.15) is 0 Å². The van der Waals surface area contributed by atoms with Gasteiger partial charge in [0.25, 0.3) is 0 Å². The molecule has 8 N–H and O–H groups in total. The van der Waals surface area contributed by atoms with E-state index in [0.29, 0.717) is 22.2 Å². The number of primary sulfonamides is 1. The summed E-state index contributed by atoms with van der Waals surface area (Å²) in [7, 11) is -4.44. The molecule has 31 heavy (non-hydrogen) atoms. The predicted octanol–water partition coefficient (Wildman–Crippen LogP) is -0.481. The number of aromatic nitrogens is 6. The normalized spacial score (nSPS) is 14.0. The molecule has 4 aromatic rings. The van der Waals surface area contributed by atoms with Crippen LogP contribution in [0.4, 0.5) is 5.95 Å². The Morgan fingerprint density at radius 3 is 2.61 bits per heavy atom. The van der Waals surface area contributed by atoms with Crippen LogP contribution in [0.15, 0.2) is 35.2 Å². The zero-order chi connectivity index (χ0) is 22.3. The fourth-order valence-corrected chi connectivity index (χ4v) is 5.06. The third-order valence-electron chi connectivity index (χ3n) is 4.65. The smallest absolute Gasteiger partial charge is 0.239 e. The third kappa shape index (κ3) is 3.79. The number of nitrogens with two attached hydrogens (primary N) is 3. The van der Waals surface area contributed by atoms with Gasteiger partial charge >= 0.3 is 0 Å². The highest BCUT2D eigenvalue weighted by Gasteiger charge is 2.29. The molecule has 2 atom stereocenters. The topological polar surface area (TPSA) is 235 Å². The van der Waals surface area contributed by atoms with E-state index in [1.165, 1.54) is 6.07 Å². The monoisotopic (exact) mass is 462 g/mol. The molecule has 0 aliphatic rings. The maximum absolute atomic E-state index is 12.6. The van der Waals surface area contributed by atoms with Crippen molar-refractivity contribution in [1.82, 2.24) is 30.6 Å². The van der Waals surface area contributed by atoms with Crippen molar-refractivity contribution in [3.8, 4) is 22.5 Å². The summed E-state index contributed by atoms with van der Waals surface area (Å²) < 4.78 is 48.7. The van der Waals surface area contributed by atoms with E-state index in [2.05, 4.69) is 30.6 Å². The second kappa shape index (κ2) is 7.78. The van der Waals surface area contributed by atoms with E-state index in [1.807, 2.05) is 0 Å². The predicted molar refractivity (Wildman–Crippen MR) is 111 cm³/mol. The van der Waals surface area contributed by atoms with Gasteiger partial charge in [0.05, 0.1) is 26.7 Å². The molecule has 0 radical (unpaired) electrons. The highest BCUT2D eigenvalue weighted by molar-refractivity contribution is 7.89. The molecule has 4 rings (SSSR count). The number of nitrogen functional groups attached to an aromatic ring is 1. The Morgan fingerprint density at radius 2 is 2.00 bits per heavy atom. The SMILES string of the molecule is NCC(c1ccc(-c2ccc3nc(N)[nH]c3c2)c(-c2nn[nH]n2)c1S(N)(=O)=O)S(=O)[O-]. The molecule has 0 spiro atoms. The summed E-state index contributed by atoms with van der Waals surface area (Å²) in [5.41, 5.74) is 13.3. The molecule has 2 unspecified atom stereocenters. The highest BCUT2D eigenvalue weighted by atomic mass is 32.2. The Balaban J connectivity index is 2.09. The minimum atomic E-state index is -4.44. The number of aromatic amines is 2. The first-order valence-corrected chi connectivity index (χ1v) is 11.4. The maximum atomic E-state index is 12.6. The van der Waals surface area contributed by atoms with E-state index in [9.17, 15) is 17.2 Å². The molecular formula is C16H16N9O4S2-. The lowest BCUT2D eigenvalue weighted by molar-refractivity contribution is 0.523. The van der Waals surface area contributed by atoms with Gasteiger partial charge < -0.3 is 21.0 Å². The number of imidazole rings is 1. The number of fused-ring (bicyclic) bond motifs is 1. The summed E-state index contributed by atoms with van der Waals surface area (Å²) >= 11 is -2.71. The highest BCUT2D eigenvalue weighted by Crippen LogP contribution is 2.40. The molecule has 2 heterocycles. The molecule has 0 bridgehead atoms. The second-order valence-electron chi connectivity index (χ2n) is 6.53. The summed E-state index contributed by atoms with van der Waals surface area (Å²) in [6.45, 7) is -0.358. The molecule has 0 saturated heterocycles. The van der Waals surface area contributed by atoms with Crippen LogP contribution in [0.5, 0.6) is 0 Å². The maximum Gasteiger partial charge on any atom is 0.239 e. The summed E-state index contributed by atoms with van der Waals surface area (Å²) in [6, 6.07) is 8.00. The third-order valence-corrected chi connectivity index (χ3v) is 6.57. The van der Waals surface area contributed by atoms with E-state index < -0.39 is 31.2 Å². The Morgan fingerprint density at radius 1 is 1.23 bits per heavy atom. The number of tetrazole rings is 1. The van der Waals surface area contributed by atoms with Gasteiger partial charge in [-0.1, -0.05) is 18.2 Å². The zero-order valence-electron chi connectivity index (χ0n) is 15.6.